The third-order valence-corrected chi connectivity index (χ3v) is 28.5. The summed E-state index contributed by atoms with van der Waals surface area (Å²) in [6, 6.07) is 87.7. The smallest absolute Gasteiger partial charge is 0.407 e. The van der Waals surface area contributed by atoms with Crippen LogP contribution in [0.4, 0.5) is 14.4 Å². The van der Waals surface area contributed by atoms with Gasteiger partial charge in [-0.25, -0.2) is 14.4 Å². The van der Waals surface area contributed by atoms with E-state index < -0.39 is 83.6 Å². The predicted molar refractivity (Wildman–Crippen MR) is 539 cm³/mol. The van der Waals surface area contributed by atoms with Gasteiger partial charge in [0, 0.05) is 74.4 Å². The van der Waals surface area contributed by atoms with Gasteiger partial charge in [0.15, 0.2) is 5.78 Å². The number of fused-ring (bicyclic) bond motifs is 12. The second kappa shape index (κ2) is 48.5. The van der Waals surface area contributed by atoms with Gasteiger partial charge in [0.2, 0.25) is 11.8 Å². The molecule has 5 aliphatic carbocycles. The summed E-state index contributed by atoms with van der Waals surface area (Å²) >= 11 is 0. The number of rotatable bonds is 50. The minimum Gasteiger partial charge on any atom is -0.497 e. The van der Waals surface area contributed by atoms with Crippen LogP contribution >= 0.6 is 0 Å². The Kier molecular flexibility index (Phi) is 34.3. The Hall–Kier alpha value is -14.3. The Morgan fingerprint density at radius 3 is 1.13 bits per heavy atom. The van der Waals surface area contributed by atoms with E-state index >= 15 is 9.59 Å². The second-order valence-corrected chi connectivity index (χ2v) is 37.5. The molecule has 730 valence electrons. The number of nitrogens with one attached hydrogen (secondary N) is 5. The van der Waals surface area contributed by atoms with Crippen molar-refractivity contribution in [1.29, 1.82) is 0 Å². The number of ketones is 3. The lowest BCUT2D eigenvalue weighted by molar-refractivity contribution is -0.150. The van der Waals surface area contributed by atoms with Crippen LogP contribution < -0.4 is 36.1 Å². The van der Waals surface area contributed by atoms with Gasteiger partial charge in [-0.3, -0.25) is 28.8 Å². The van der Waals surface area contributed by atoms with Gasteiger partial charge in [-0.05, 0) is 220 Å². The molecule has 11 aromatic rings. The molecule has 0 aromatic heterocycles. The maximum atomic E-state index is 15.3. The van der Waals surface area contributed by atoms with E-state index in [2.05, 4.69) is 99.4 Å². The van der Waals surface area contributed by atoms with Crippen molar-refractivity contribution in [2.45, 2.75) is 183 Å². The highest BCUT2D eigenvalue weighted by molar-refractivity contribution is 5.92. The molecule has 0 saturated heterocycles. The molecule has 4 unspecified atom stereocenters. The predicted octanol–water partition coefficient (Wildman–Crippen LogP) is 21.3. The van der Waals surface area contributed by atoms with Gasteiger partial charge in [0.05, 0.1) is 39.7 Å². The van der Waals surface area contributed by atoms with Gasteiger partial charge in [-0.2, -0.15) is 0 Å². The first-order valence-corrected chi connectivity index (χ1v) is 49.9. The number of alkyl carbamates (subject to hydrolysis) is 3. The van der Waals surface area contributed by atoms with E-state index in [-0.39, 0.29) is 151 Å². The summed E-state index contributed by atoms with van der Waals surface area (Å²) in [6.45, 7) is 2.40. The highest BCUT2D eigenvalue weighted by atomic mass is 16.6. The SMILES string of the molecule is COc1ccc(C(OC[C@@H]2C[C@@H](OC(=O)CCC(C)=O)CC2C(=O)CCCCCCC(=O)C(CCCCNC(=O)C(CCCCNC(=O)OCC2c3ccccc3-c3ccccc32)NC(=O)OCC2c3ccccc3-c3ccccc32)NC(=O)C(CCCCNC(=O)OCC2c3ccccc3-c3ccccc32)CC(=O)OCC2c3ccccc3-c3ccccc32)(c2ccccc2)c2ccc(OC)cc2)cc1. The molecule has 5 aliphatic rings. The van der Waals surface area contributed by atoms with E-state index in [4.69, 9.17) is 37.9 Å². The van der Waals surface area contributed by atoms with Crippen LogP contribution in [0.1, 0.15) is 220 Å². The summed E-state index contributed by atoms with van der Waals surface area (Å²) in [5.41, 5.74) is 18.4. The summed E-state index contributed by atoms with van der Waals surface area (Å²) in [6.07, 6.45) is 2.85. The molecular formula is C118H125N5O18. The molecule has 23 nitrogen and oxygen atoms in total. The van der Waals surface area contributed by atoms with E-state index in [9.17, 15) is 38.4 Å². The Balaban J connectivity index is 0.588. The minimum absolute atomic E-state index is 0.0140. The molecule has 0 heterocycles. The maximum absolute atomic E-state index is 15.3. The van der Waals surface area contributed by atoms with Crippen molar-refractivity contribution in [2.75, 3.05) is 66.9 Å². The largest absolute Gasteiger partial charge is 0.497 e. The Morgan fingerprint density at radius 1 is 0.333 bits per heavy atom. The number of carbonyl (C=O) groups excluding carboxylic acids is 10. The zero-order chi connectivity index (χ0) is 98.0. The average Bonchev–Trinajstić information content (AvgIpc) is 1.75. The van der Waals surface area contributed by atoms with E-state index in [0.29, 0.717) is 82.1 Å². The molecule has 0 radical (unpaired) electrons. The van der Waals surface area contributed by atoms with Crippen LogP contribution in [0.15, 0.2) is 273 Å². The number of methoxy groups -OCH3 is 2. The molecule has 16 rings (SSSR count). The standard InChI is InChI=1S/C118H125N5O18/c1-77(124)56-65-111(127)141-85-69-79(72-140-118(80-34-7-6-8-35-80,81-57-61-83(134-2)62-58-81)82-59-63-84(135-3)64-60-82)102(71-85)109(125)54-9-4-5-10-55-110(126)107(122-113(129)78(70-112(128)136-73-103-94-44-19-11-36-86(94)87-37-12-20-45-95(87)103)33-27-30-67-120-115(131)137-74-104-96-46-21-13-38-88(96)89-39-14-22-47-97(89)104)52-28-31-66-119-114(130)108(123-117(133)139-76-106-100-50-25-17-42-92(100)93-43-18-26-51-101(93)106)53-29-32-68-121-116(132)138-75-105-98-48-23-15-40-90(98)91-41-16-24-49-99(91)105/h6-8,11-26,34-51,57-64,78-79,85,102-108H,4-5,9-10,27-33,52-56,65-76H2,1-3H3,(H,119,130)(H,120,131)(H,121,132)(H,122,129)(H,123,133)/t78?,79-,85+,102?,107?,108?/m0/s1. The lowest BCUT2D eigenvalue weighted by Crippen LogP contribution is -2.47. The first-order chi connectivity index (χ1) is 68.9. The van der Waals surface area contributed by atoms with Crippen molar-refractivity contribution < 1.29 is 85.8 Å². The number of unbranched alkanes of at least 4 members (excludes halogenated alkanes) is 6. The van der Waals surface area contributed by atoms with Crippen LogP contribution in [0.2, 0.25) is 0 Å². The monoisotopic (exact) mass is 1900 g/mol. The molecule has 11 aromatic carbocycles. The van der Waals surface area contributed by atoms with Crippen LogP contribution in [0.5, 0.6) is 11.5 Å². The molecule has 0 aliphatic heterocycles. The minimum atomic E-state index is -1.20. The molecule has 5 N–H and O–H groups in total. The molecule has 1 fully saturated rings. The van der Waals surface area contributed by atoms with Crippen LogP contribution in [0.3, 0.4) is 0 Å². The summed E-state index contributed by atoms with van der Waals surface area (Å²) in [7, 11) is 3.22. The van der Waals surface area contributed by atoms with Gasteiger partial charge in [-0.15, -0.1) is 0 Å². The molecule has 0 bridgehead atoms. The normalized spacial score (nSPS) is 15.4. The molecule has 23 heteroatoms. The van der Waals surface area contributed by atoms with Crippen molar-refractivity contribution >= 4 is 59.4 Å². The number of hydrogen-bond acceptors (Lipinski definition) is 18. The molecule has 5 amide bonds. The molecule has 141 heavy (non-hydrogen) atoms. The molecule has 1 saturated carbocycles. The first-order valence-electron chi connectivity index (χ1n) is 49.9. The summed E-state index contributed by atoms with van der Waals surface area (Å²) in [4.78, 5) is 141. The highest BCUT2D eigenvalue weighted by Gasteiger charge is 2.45. The lowest BCUT2D eigenvalue weighted by Gasteiger charge is -2.37. The molecule has 0 spiro atoms. The number of amides is 5. The number of ether oxygens (including phenoxy) is 8. The maximum Gasteiger partial charge on any atom is 0.407 e. The van der Waals surface area contributed by atoms with Gasteiger partial charge < -0.3 is 69.3 Å². The van der Waals surface area contributed by atoms with Gasteiger partial charge in [-0.1, -0.05) is 268 Å². The second-order valence-electron chi connectivity index (χ2n) is 37.5. The third kappa shape index (κ3) is 24.6. The number of Topliss-reactive ketones (excluding diaryl/α,β-unsaturated/α-hetero) is 3. The fraction of sp³-hybridized carbons (Fsp3) is 0.356. The Morgan fingerprint density at radius 2 is 0.709 bits per heavy atom. The van der Waals surface area contributed by atoms with E-state index in [1.54, 1.807) is 14.2 Å². The zero-order valence-electron chi connectivity index (χ0n) is 80.4. The summed E-state index contributed by atoms with van der Waals surface area (Å²) in [5, 5.41) is 14.8. The number of carbonyl (C=O) groups is 10. The fourth-order valence-electron chi connectivity index (χ4n) is 21.2. The topological polar surface area (TPSA) is 305 Å². The van der Waals surface area contributed by atoms with Crippen molar-refractivity contribution in [3.8, 4) is 56.0 Å². The number of hydrogen-bond donors (Lipinski definition) is 5. The van der Waals surface area contributed by atoms with E-state index in [0.717, 1.165) is 106 Å². The zero-order valence-corrected chi connectivity index (χ0v) is 80.4. The van der Waals surface area contributed by atoms with Crippen molar-refractivity contribution in [3.63, 3.8) is 0 Å². The van der Waals surface area contributed by atoms with Crippen LogP contribution in [-0.4, -0.2) is 144 Å². The van der Waals surface area contributed by atoms with Crippen LogP contribution in [0, 0.1) is 17.8 Å². The fourth-order valence-corrected chi connectivity index (χ4v) is 21.2. The highest BCUT2D eigenvalue weighted by Crippen LogP contribution is 2.51. The summed E-state index contributed by atoms with van der Waals surface area (Å²) < 4.78 is 48.5. The Labute approximate surface area is 824 Å². The third-order valence-electron chi connectivity index (χ3n) is 28.5. The van der Waals surface area contributed by atoms with Crippen LogP contribution in [-0.2, 0) is 67.6 Å². The van der Waals surface area contributed by atoms with Crippen molar-refractivity contribution in [1.82, 2.24) is 26.6 Å². The summed E-state index contributed by atoms with van der Waals surface area (Å²) in [5.74, 6) is -3.89. The average molecular weight is 1900 g/mol. The van der Waals surface area contributed by atoms with Crippen molar-refractivity contribution in [3.05, 3.63) is 334 Å². The lowest BCUT2D eigenvalue weighted by atomic mass is 9.79. The first kappa shape index (κ1) is 99.7. The number of esters is 2. The van der Waals surface area contributed by atoms with Crippen molar-refractivity contribution in [2.24, 2.45) is 17.8 Å². The Bertz CT molecular complexity index is 5990. The molecule has 6 atom stereocenters. The van der Waals surface area contributed by atoms with Crippen LogP contribution in [0.25, 0.3) is 44.5 Å². The van der Waals surface area contributed by atoms with Gasteiger partial charge >= 0.3 is 30.2 Å². The number of benzene rings is 11. The van der Waals surface area contributed by atoms with E-state index in [1.165, 1.54) is 6.92 Å². The molecular weight excluding hydrogens is 1780 g/mol. The van der Waals surface area contributed by atoms with E-state index in [1.807, 2.05) is 200 Å². The quantitative estimate of drug-likeness (QED) is 0.0102. The van der Waals surface area contributed by atoms with Gasteiger partial charge in [0.25, 0.3) is 0 Å². The van der Waals surface area contributed by atoms with Gasteiger partial charge in [0.1, 0.15) is 67.2 Å².